The lowest BCUT2D eigenvalue weighted by Gasteiger charge is -2.32. The van der Waals surface area contributed by atoms with Gasteiger partial charge in [0.05, 0.1) is 6.61 Å². The third-order valence-corrected chi connectivity index (χ3v) is 2.71. The number of fused-ring (bicyclic) bond motifs is 1. The molecule has 2 aliphatic heterocycles. The standard InChI is InChI=1S/C8H15N5O3/c1-13-5-4(6(15)12-8(13)16)10-7(11-5)9-2-3-14/h4-5,7,9-11,14H,2-3H2,1H3,(H,12,15,16). The molecule has 0 saturated carbocycles. The van der Waals surface area contributed by atoms with Gasteiger partial charge in [0.15, 0.2) is 0 Å². The van der Waals surface area contributed by atoms with Gasteiger partial charge in [0.2, 0.25) is 5.91 Å². The summed E-state index contributed by atoms with van der Waals surface area (Å²) in [5, 5.41) is 19.9. The highest BCUT2D eigenvalue weighted by atomic mass is 16.3. The second kappa shape index (κ2) is 4.34. The van der Waals surface area contributed by atoms with Crippen molar-refractivity contribution in [3.63, 3.8) is 0 Å². The van der Waals surface area contributed by atoms with E-state index in [2.05, 4.69) is 21.3 Å². The summed E-state index contributed by atoms with van der Waals surface area (Å²) in [4.78, 5) is 24.3. The van der Waals surface area contributed by atoms with Crippen LogP contribution in [0.3, 0.4) is 0 Å². The van der Waals surface area contributed by atoms with Gasteiger partial charge in [0.25, 0.3) is 0 Å². The Balaban J connectivity index is 2.01. The fraction of sp³-hybridized carbons (Fsp3) is 0.750. The van der Waals surface area contributed by atoms with E-state index in [9.17, 15) is 9.59 Å². The van der Waals surface area contributed by atoms with Crippen molar-refractivity contribution in [2.24, 2.45) is 0 Å². The smallest absolute Gasteiger partial charge is 0.325 e. The Hall–Kier alpha value is -1.22. The summed E-state index contributed by atoms with van der Waals surface area (Å²) in [6.07, 6.45) is -0.654. The monoisotopic (exact) mass is 229 g/mol. The van der Waals surface area contributed by atoms with E-state index in [4.69, 9.17) is 5.11 Å². The van der Waals surface area contributed by atoms with E-state index in [0.717, 1.165) is 0 Å². The summed E-state index contributed by atoms with van der Waals surface area (Å²) in [7, 11) is 1.61. The van der Waals surface area contributed by atoms with Crippen LogP contribution in [0.25, 0.3) is 0 Å². The number of carbonyl (C=O) groups excluding carboxylic acids is 2. The summed E-state index contributed by atoms with van der Waals surface area (Å²) in [5.74, 6) is -0.339. The molecule has 2 heterocycles. The van der Waals surface area contributed by atoms with Crippen LogP contribution in [0.5, 0.6) is 0 Å². The van der Waals surface area contributed by atoms with Gasteiger partial charge < -0.3 is 10.0 Å². The van der Waals surface area contributed by atoms with Gasteiger partial charge in [0.1, 0.15) is 18.5 Å². The maximum atomic E-state index is 11.5. The summed E-state index contributed by atoms with van der Waals surface area (Å²) < 4.78 is 0. The number of aliphatic hydroxyl groups excluding tert-OH is 1. The summed E-state index contributed by atoms with van der Waals surface area (Å²) in [5.41, 5.74) is 0. The Morgan fingerprint density at radius 2 is 2.19 bits per heavy atom. The first-order valence-electron chi connectivity index (χ1n) is 5.07. The van der Waals surface area contributed by atoms with Crippen molar-refractivity contribution in [1.29, 1.82) is 0 Å². The highest BCUT2D eigenvalue weighted by Gasteiger charge is 2.45. The molecule has 3 unspecified atom stereocenters. The number of hydrogen-bond acceptors (Lipinski definition) is 6. The molecule has 90 valence electrons. The van der Waals surface area contributed by atoms with Crippen molar-refractivity contribution in [3.05, 3.63) is 0 Å². The topological polar surface area (TPSA) is 106 Å². The molecule has 3 atom stereocenters. The molecule has 16 heavy (non-hydrogen) atoms. The molecule has 0 aromatic rings. The fourth-order valence-corrected chi connectivity index (χ4v) is 1.86. The number of imide groups is 1. The average molecular weight is 229 g/mol. The Morgan fingerprint density at radius 3 is 2.88 bits per heavy atom. The van der Waals surface area contributed by atoms with Crippen molar-refractivity contribution >= 4 is 11.9 Å². The Bertz CT molecular complexity index is 310. The zero-order valence-electron chi connectivity index (χ0n) is 8.86. The van der Waals surface area contributed by atoms with Crippen LogP contribution in [0, 0.1) is 0 Å². The molecule has 8 nitrogen and oxygen atoms in total. The largest absolute Gasteiger partial charge is 0.395 e. The normalized spacial score (nSPS) is 33.9. The number of carbonyl (C=O) groups is 2. The Kier molecular flexibility index (Phi) is 3.06. The highest BCUT2D eigenvalue weighted by Crippen LogP contribution is 2.12. The maximum Gasteiger partial charge on any atom is 0.325 e. The van der Waals surface area contributed by atoms with E-state index in [-0.39, 0.29) is 25.0 Å². The van der Waals surface area contributed by atoms with Gasteiger partial charge in [0, 0.05) is 13.6 Å². The molecular formula is C8H15N5O3. The van der Waals surface area contributed by atoms with Gasteiger partial charge in [-0.15, -0.1) is 0 Å². The molecule has 2 saturated heterocycles. The van der Waals surface area contributed by atoms with Crippen LogP contribution in [-0.2, 0) is 4.79 Å². The molecule has 2 rings (SSSR count). The minimum Gasteiger partial charge on any atom is -0.395 e. The number of hydrogen-bond donors (Lipinski definition) is 5. The van der Waals surface area contributed by atoms with E-state index in [1.807, 2.05) is 0 Å². The number of amides is 3. The lowest BCUT2D eigenvalue weighted by molar-refractivity contribution is -0.124. The van der Waals surface area contributed by atoms with Gasteiger partial charge >= 0.3 is 6.03 Å². The SMILES string of the molecule is CN1C(=O)NC(=O)C2NC(NCCO)NC21. The van der Waals surface area contributed by atoms with Crippen LogP contribution in [0.15, 0.2) is 0 Å². The van der Waals surface area contributed by atoms with E-state index >= 15 is 0 Å². The van der Waals surface area contributed by atoms with Gasteiger partial charge in [-0.2, -0.15) is 0 Å². The summed E-state index contributed by atoms with van der Waals surface area (Å²) >= 11 is 0. The lowest BCUT2D eigenvalue weighted by Crippen LogP contribution is -2.64. The molecule has 0 bridgehead atoms. The van der Waals surface area contributed by atoms with Crippen molar-refractivity contribution in [2.75, 3.05) is 20.2 Å². The molecule has 2 aliphatic rings. The van der Waals surface area contributed by atoms with E-state index < -0.39 is 12.1 Å². The minimum absolute atomic E-state index is 0.0101. The number of rotatable bonds is 3. The molecule has 8 heteroatoms. The Morgan fingerprint density at radius 1 is 1.44 bits per heavy atom. The number of urea groups is 1. The first kappa shape index (κ1) is 11.3. The van der Waals surface area contributed by atoms with E-state index in [1.54, 1.807) is 7.05 Å². The van der Waals surface area contributed by atoms with E-state index in [0.29, 0.717) is 6.54 Å². The molecule has 3 amide bonds. The molecule has 0 aromatic heterocycles. The third kappa shape index (κ3) is 1.87. The molecular weight excluding hydrogens is 214 g/mol. The van der Waals surface area contributed by atoms with Crippen molar-refractivity contribution in [2.45, 2.75) is 18.5 Å². The third-order valence-electron chi connectivity index (χ3n) is 2.71. The van der Waals surface area contributed by atoms with Crippen LogP contribution in [0.4, 0.5) is 4.79 Å². The fourth-order valence-electron chi connectivity index (χ4n) is 1.86. The molecule has 2 fully saturated rings. The quantitative estimate of drug-likeness (QED) is 0.351. The number of nitrogens with zero attached hydrogens (tertiary/aromatic N) is 1. The predicted octanol–water partition coefficient (Wildman–Crippen LogP) is -3.08. The van der Waals surface area contributed by atoms with Crippen LogP contribution < -0.4 is 21.3 Å². The van der Waals surface area contributed by atoms with Gasteiger partial charge in [-0.05, 0) is 0 Å². The second-order valence-corrected chi connectivity index (χ2v) is 3.77. The Labute approximate surface area is 92.4 Å². The zero-order chi connectivity index (χ0) is 11.7. The number of aliphatic hydroxyl groups is 1. The second-order valence-electron chi connectivity index (χ2n) is 3.77. The summed E-state index contributed by atoms with van der Waals surface area (Å²) in [6.45, 7) is 0.416. The van der Waals surface area contributed by atoms with Crippen molar-refractivity contribution in [1.82, 2.24) is 26.2 Å². The average Bonchev–Trinajstić information content (AvgIpc) is 2.68. The minimum atomic E-state index is -0.473. The molecule has 0 radical (unpaired) electrons. The van der Waals surface area contributed by atoms with Gasteiger partial charge in [-0.3, -0.25) is 26.1 Å². The van der Waals surface area contributed by atoms with Crippen molar-refractivity contribution < 1.29 is 14.7 Å². The molecule has 5 N–H and O–H groups in total. The summed E-state index contributed by atoms with van der Waals surface area (Å²) in [6, 6.07) is -0.887. The van der Waals surface area contributed by atoms with Crippen LogP contribution >= 0.6 is 0 Å². The molecule has 0 aromatic carbocycles. The van der Waals surface area contributed by atoms with Gasteiger partial charge in [-0.25, -0.2) is 4.79 Å². The lowest BCUT2D eigenvalue weighted by atomic mass is 10.2. The zero-order valence-corrected chi connectivity index (χ0v) is 8.86. The molecule has 0 spiro atoms. The number of nitrogens with one attached hydrogen (secondary N) is 4. The van der Waals surface area contributed by atoms with Crippen molar-refractivity contribution in [3.8, 4) is 0 Å². The highest BCUT2D eigenvalue weighted by molar-refractivity contribution is 6.00. The maximum absolute atomic E-state index is 11.5. The van der Waals surface area contributed by atoms with Crippen LogP contribution in [0.2, 0.25) is 0 Å². The van der Waals surface area contributed by atoms with E-state index in [1.165, 1.54) is 4.90 Å². The van der Waals surface area contributed by atoms with Gasteiger partial charge in [-0.1, -0.05) is 0 Å². The van der Waals surface area contributed by atoms with Crippen LogP contribution in [-0.4, -0.2) is 60.6 Å². The molecule has 0 aliphatic carbocycles. The first-order chi connectivity index (χ1) is 7.63. The predicted molar refractivity (Wildman–Crippen MR) is 54.0 cm³/mol. The number of likely N-dealkylation sites (N-methyl/N-ethyl adjacent to an activating group) is 1. The van der Waals surface area contributed by atoms with Crippen LogP contribution in [0.1, 0.15) is 0 Å². The first-order valence-corrected chi connectivity index (χ1v) is 5.07.